The number of hydrogen-bond donors (Lipinski definition) is 0. The average molecular weight is 272 g/mol. The first-order chi connectivity index (χ1) is 8.56. The standard InChI is InChI=1S/C11H11ClFN3O2/c12-9-2-1-8(5-10(9)13)6-15-4-3-14-11(15)7-16(17)18/h1-2,5H,3-4,6-7H2. The second-order valence-electron chi connectivity index (χ2n) is 3.96. The van der Waals surface area contributed by atoms with E-state index in [0.29, 0.717) is 25.5 Å². The highest BCUT2D eigenvalue weighted by atomic mass is 35.5. The molecule has 1 heterocycles. The molecule has 7 heteroatoms. The van der Waals surface area contributed by atoms with Gasteiger partial charge in [-0.3, -0.25) is 15.1 Å². The quantitative estimate of drug-likeness (QED) is 0.621. The first-order valence-electron chi connectivity index (χ1n) is 5.40. The van der Waals surface area contributed by atoms with E-state index in [2.05, 4.69) is 4.99 Å². The Morgan fingerprint density at radius 1 is 1.56 bits per heavy atom. The Morgan fingerprint density at radius 2 is 2.33 bits per heavy atom. The van der Waals surface area contributed by atoms with E-state index in [1.165, 1.54) is 12.1 Å². The van der Waals surface area contributed by atoms with Crippen molar-refractivity contribution in [2.45, 2.75) is 6.54 Å². The Morgan fingerprint density at radius 3 is 3.00 bits per heavy atom. The summed E-state index contributed by atoms with van der Waals surface area (Å²) in [6.45, 7) is 1.27. The lowest BCUT2D eigenvalue weighted by atomic mass is 10.2. The van der Waals surface area contributed by atoms with Crippen LogP contribution in [-0.4, -0.2) is 35.3 Å². The van der Waals surface area contributed by atoms with Gasteiger partial charge in [-0.05, 0) is 17.7 Å². The highest BCUT2D eigenvalue weighted by Crippen LogP contribution is 2.17. The lowest BCUT2D eigenvalue weighted by Crippen LogP contribution is -2.32. The highest BCUT2D eigenvalue weighted by molar-refractivity contribution is 6.30. The molecule has 1 aliphatic heterocycles. The molecular weight excluding hydrogens is 261 g/mol. The minimum absolute atomic E-state index is 0.0688. The molecule has 0 spiro atoms. The molecule has 2 rings (SSSR count). The van der Waals surface area contributed by atoms with Crippen LogP contribution in [0, 0.1) is 15.9 Å². The SMILES string of the molecule is O=[N+]([O-])CC1=NCCN1Cc1ccc(Cl)c(F)c1. The highest BCUT2D eigenvalue weighted by Gasteiger charge is 2.21. The summed E-state index contributed by atoms with van der Waals surface area (Å²) in [4.78, 5) is 15.9. The molecule has 18 heavy (non-hydrogen) atoms. The molecule has 0 saturated carbocycles. The molecule has 1 aromatic carbocycles. The van der Waals surface area contributed by atoms with E-state index in [9.17, 15) is 14.5 Å². The van der Waals surface area contributed by atoms with Crippen molar-refractivity contribution in [3.8, 4) is 0 Å². The number of hydrogen-bond acceptors (Lipinski definition) is 4. The van der Waals surface area contributed by atoms with Crippen molar-refractivity contribution in [1.29, 1.82) is 0 Å². The molecule has 0 fully saturated rings. The van der Waals surface area contributed by atoms with E-state index in [-0.39, 0.29) is 11.6 Å². The number of halogens is 2. The normalized spacial score (nSPS) is 14.8. The van der Waals surface area contributed by atoms with E-state index in [1.807, 2.05) is 0 Å². The molecule has 1 aromatic rings. The Hall–Kier alpha value is -1.69. The molecule has 0 radical (unpaired) electrons. The third-order valence-electron chi connectivity index (χ3n) is 2.66. The summed E-state index contributed by atoms with van der Waals surface area (Å²) in [5, 5.41) is 10.5. The number of nitrogens with zero attached hydrogens (tertiary/aromatic N) is 3. The van der Waals surface area contributed by atoms with Gasteiger partial charge >= 0.3 is 0 Å². The summed E-state index contributed by atoms with van der Waals surface area (Å²) >= 11 is 5.59. The van der Waals surface area contributed by atoms with Gasteiger partial charge in [0, 0.05) is 18.0 Å². The van der Waals surface area contributed by atoms with Gasteiger partial charge in [-0.1, -0.05) is 17.7 Å². The van der Waals surface area contributed by atoms with Gasteiger partial charge < -0.3 is 4.90 Å². The van der Waals surface area contributed by atoms with Crippen molar-refractivity contribution < 1.29 is 9.31 Å². The molecule has 0 amide bonds. The first-order valence-corrected chi connectivity index (χ1v) is 5.78. The Bertz CT molecular complexity index is 507. The fraction of sp³-hybridized carbons (Fsp3) is 0.364. The summed E-state index contributed by atoms with van der Waals surface area (Å²) in [5.41, 5.74) is 0.717. The zero-order valence-corrected chi connectivity index (χ0v) is 10.2. The smallest absolute Gasteiger partial charge is 0.260 e. The third-order valence-corrected chi connectivity index (χ3v) is 2.96. The van der Waals surface area contributed by atoms with E-state index < -0.39 is 10.7 Å². The molecule has 0 aliphatic carbocycles. The molecule has 1 aliphatic rings. The van der Waals surface area contributed by atoms with Crippen molar-refractivity contribution in [1.82, 2.24) is 4.90 Å². The van der Waals surface area contributed by atoms with Crippen molar-refractivity contribution >= 4 is 17.4 Å². The predicted octanol–water partition coefficient (Wildman–Crippen LogP) is 1.97. The number of benzene rings is 1. The van der Waals surface area contributed by atoms with Gasteiger partial charge in [-0.2, -0.15) is 0 Å². The predicted molar refractivity (Wildman–Crippen MR) is 66.0 cm³/mol. The maximum absolute atomic E-state index is 13.3. The maximum atomic E-state index is 13.3. The molecule has 0 N–H and O–H groups in total. The lowest BCUT2D eigenvalue weighted by Gasteiger charge is -2.18. The molecular formula is C11H11ClFN3O2. The van der Waals surface area contributed by atoms with Gasteiger partial charge in [-0.25, -0.2) is 4.39 Å². The second kappa shape index (κ2) is 5.30. The third kappa shape index (κ3) is 2.95. The van der Waals surface area contributed by atoms with Crippen LogP contribution in [0.25, 0.3) is 0 Å². The van der Waals surface area contributed by atoms with Crippen LogP contribution in [0.5, 0.6) is 0 Å². The van der Waals surface area contributed by atoms with Crippen LogP contribution in [-0.2, 0) is 6.54 Å². The molecule has 5 nitrogen and oxygen atoms in total. The summed E-state index contributed by atoms with van der Waals surface area (Å²) in [5.74, 6) is -0.0449. The molecule has 96 valence electrons. The molecule has 0 bridgehead atoms. The molecule has 0 atom stereocenters. The second-order valence-corrected chi connectivity index (χ2v) is 4.37. The lowest BCUT2D eigenvalue weighted by molar-refractivity contribution is -0.464. The molecule has 0 unspecified atom stereocenters. The van der Waals surface area contributed by atoms with Crippen LogP contribution in [0.1, 0.15) is 5.56 Å². The van der Waals surface area contributed by atoms with Gasteiger partial charge in [0.25, 0.3) is 6.54 Å². The topological polar surface area (TPSA) is 58.7 Å². The summed E-state index contributed by atoms with van der Waals surface area (Å²) < 4.78 is 13.3. The van der Waals surface area contributed by atoms with Gasteiger partial charge in [0.05, 0.1) is 11.6 Å². The fourth-order valence-electron chi connectivity index (χ4n) is 1.82. The number of amidine groups is 1. The van der Waals surface area contributed by atoms with Crippen LogP contribution < -0.4 is 0 Å². The Balaban J connectivity index is 2.07. The van der Waals surface area contributed by atoms with Gasteiger partial charge in [0.2, 0.25) is 0 Å². The number of rotatable bonds is 4. The van der Waals surface area contributed by atoms with Crippen LogP contribution in [0.4, 0.5) is 4.39 Å². The summed E-state index contributed by atoms with van der Waals surface area (Å²) in [6.07, 6.45) is 0. The number of nitro groups is 1. The monoisotopic (exact) mass is 271 g/mol. The summed E-state index contributed by atoms with van der Waals surface area (Å²) in [6, 6.07) is 4.52. The average Bonchev–Trinajstić information content (AvgIpc) is 2.70. The van der Waals surface area contributed by atoms with Crippen molar-refractivity contribution in [2.75, 3.05) is 19.6 Å². The largest absolute Gasteiger partial charge is 0.349 e. The minimum atomic E-state index is -0.485. The zero-order valence-electron chi connectivity index (χ0n) is 9.47. The Labute approximate surface area is 108 Å². The zero-order chi connectivity index (χ0) is 13.1. The van der Waals surface area contributed by atoms with Crippen LogP contribution in [0.15, 0.2) is 23.2 Å². The van der Waals surface area contributed by atoms with Crippen molar-refractivity contribution in [3.63, 3.8) is 0 Å². The van der Waals surface area contributed by atoms with Gasteiger partial charge in [0.15, 0.2) is 5.84 Å². The fourth-order valence-corrected chi connectivity index (χ4v) is 1.94. The van der Waals surface area contributed by atoms with E-state index >= 15 is 0 Å². The van der Waals surface area contributed by atoms with Crippen molar-refractivity contribution in [3.05, 3.63) is 44.7 Å². The molecule has 0 saturated heterocycles. The Kier molecular flexibility index (Phi) is 3.76. The summed E-state index contributed by atoms with van der Waals surface area (Å²) in [7, 11) is 0. The van der Waals surface area contributed by atoms with Crippen LogP contribution in [0.3, 0.4) is 0 Å². The van der Waals surface area contributed by atoms with Crippen molar-refractivity contribution in [2.24, 2.45) is 4.99 Å². The van der Waals surface area contributed by atoms with E-state index in [1.54, 1.807) is 11.0 Å². The van der Waals surface area contributed by atoms with Crippen LogP contribution in [0.2, 0.25) is 5.02 Å². The van der Waals surface area contributed by atoms with Gasteiger partial charge in [-0.15, -0.1) is 0 Å². The maximum Gasteiger partial charge on any atom is 0.260 e. The van der Waals surface area contributed by atoms with E-state index in [4.69, 9.17) is 11.6 Å². The molecule has 0 aromatic heterocycles. The number of aliphatic imine (C=N–C) groups is 1. The van der Waals surface area contributed by atoms with Gasteiger partial charge in [0.1, 0.15) is 5.82 Å². The van der Waals surface area contributed by atoms with E-state index in [0.717, 1.165) is 5.56 Å². The van der Waals surface area contributed by atoms with Crippen LogP contribution >= 0.6 is 11.6 Å². The minimum Gasteiger partial charge on any atom is -0.349 e. The first kappa shape index (κ1) is 12.8.